The van der Waals surface area contributed by atoms with E-state index < -0.39 is 17.5 Å². The van der Waals surface area contributed by atoms with Gasteiger partial charge in [0.25, 0.3) is 5.91 Å². The van der Waals surface area contributed by atoms with Crippen LogP contribution < -0.4 is 0 Å². The maximum Gasteiger partial charge on any atom is 0.256 e. The summed E-state index contributed by atoms with van der Waals surface area (Å²) in [6.45, 7) is 2.54. The molecule has 2 heterocycles. The molecule has 0 spiro atoms. The van der Waals surface area contributed by atoms with Crippen LogP contribution in [-0.4, -0.2) is 38.9 Å². The van der Waals surface area contributed by atoms with E-state index >= 15 is 0 Å². The number of amides is 1. The van der Waals surface area contributed by atoms with Crippen LogP contribution in [0.15, 0.2) is 24.5 Å². The first-order chi connectivity index (χ1) is 10.6. The normalized spacial score (nSPS) is 16.0. The van der Waals surface area contributed by atoms with Crippen LogP contribution in [0.4, 0.5) is 8.78 Å². The molecule has 0 bridgehead atoms. The van der Waals surface area contributed by atoms with Crippen LogP contribution >= 0.6 is 0 Å². The third-order valence-electron chi connectivity index (χ3n) is 4.05. The van der Waals surface area contributed by atoms with Gasteiger partial charge in [0.2, 0.25) is 0 Å². The van der Waals surface area contributed by atoms with E-state index in [0.717, 1.165) is 18.9 Å². The number of rotatable bonds is 2. The Morgan fingerprint density at radius 3 is 2.59 bits per heavy atom. The molecular weight excluding hydrogens is 290 g/mol. The molecule has 1 aromatic heterocycles. The van der Waals surface area contributed by atoms with E-state index in [2.05, 4.69) is 10.3 Å². The first-order valence-corrected chi connectivity index (χ1v) is 7.17. The van der Waals surface area contributed by atoms with Crippen molar-refractivity contribution in [2.75, 3.05) is 13.1 Å². The molecule has 1 fully saturated rings. The number of carbonyl (C=O) groups excluding carboxylic acids is 1. The summed E-state index contributed by atoms with van der Waals surface area (Å²) in [6, 6.07) is 2.24. The van der Waals surface area contributed by atoms with Crippen molar-refractivity contribution in [3.05, 3.63) is 47.3 Å². The number of hydrogen-bond donors (Lipinski definition) is 0. The van der Waals surface area contributed by atoms with Crippen LogP contribution in [0, 0.1) is 18.6 Å². The van der Waals surface area contributed by atoms with E-state index in [1.165, 1.54) is 13.0 Å². The Hall–Kier alpha value is -2.31. The highest BCUT2D eigenvalue weighted by atomic mass is 19.1. The fourth-order valence-electron chi connectivity index (χ4n) is 2.74. The number of hydrogen-bond acceptors (Lipinski definition) is 3. The summed E-state index contributed by atoms with van der Waals surface area (Å²) in [4.78, 5) is 14.0. The molecule has 7 heteroatoms. The number of halogens is 2. The van der Waals surface area contributed by atoms with Gasteiger partial charge in [0, 0.05) is 25.4 Å². The molecule has 3 rings (SSSR count). The standard InChI is InChI=1S/C15H16F2N4O/c1-10-8-12(14(17)9-13(10)16)15(22)20-5-2-11(3-6-20)21-7-4-18-19-21/h4,7-9,11H,2-3,5-6H2,1H3. The van der Waals surface area contributed by atoms with Gasteiger partial charge >= 0.3 is 0 Å². The zero-order chi connectivity index (χ0) is 15.7. The lowest BCUT2D eigenvalue weighted by Crippen LogP contribution is -2.39. The van der Waals surface area contributed by atoms with Gasteiger partial charge in [-0.25, -0.2) is 13.5 Å². The molecule has 1 aromatic carbocycles. The Balaban J connectivity index is 1.71. The molecule has 22 heavy (non-hydrogen) atoms. The van der Waals surface area contributed by atoms with Crippen LogP contribution in [-0.2, 0) is 0 Å². The first kappa shape index (κ1) is 14.6. The zero-order valence-corrected chi connectivity index (χ0v) is 12.2. The summed E-state index contributed by atoms with van der Waals surface area (Å²) in [5.41, 5.74) is 0.195. The molecule has 0 unspecified atom stereocenters. The third kappa shape index (κ3) is 2.70. The molecule has 2 aromatic rings. The number of aromatic nitrogens is 3. The average Bonchev–Trinajstić information content (AvgIpc) is 3.05. The van der Waals surface area contributed by atoms with Crippen molar-refractivity contribution in [1.82, 2.24) is 19.9 Å². The summed E-state index contributed by atoms with van der Waals surface area (Å²) in [5, 5.41) is 7.74. The number of likely N-dealkylation sites (tertiary alicyclic amines) is 1. The van der Waals surface area contributed by atoms with Crippen LogP contribution in [0.25, 0.3) is 0 Å². The predicted octanol–water partition coefficient (Wildman–Crippen LogP) is 2.34. The Labute approximate surface area is 126 Å². The van der Waals surface area contributed by atoms with Crippen molar-refractivity contribution in [2.45, 2.75) is 25.8 Å². The van der Waals surface area contributed by atoms with Gasteiger partial charge < -0.3 is 4.90 Å². The van der Waals surface area contributed by atoms with Crippen molar-refractivity contribution in [3.63, 3.8) is 0 Å². The molecular formula is C15H16F2N4O. The van der Waals surface area contributed by atoms with Crippen LogP contribution in [0.3, 0.4) is 0 Å². The highest BCUT2D eigenvalue weighted by Crippen LogP contribution is 2.24. The summed E-state index contributed by atoms with van der Waals surface area (Å²) >= 11 is 0. The van der Waals surface area contributed by atoms with Crippen molar-refractivity contribution < 1.29 is 13.6 Å². The lowest BCUT2D eigenvalue weighted by atomic mass is 10.0. The Morgan fingerprint density at radius 1 is 1.23 bits per heavy atom. The summed E-state index contributed by atoms with van der Waals surface area (Å²) < 4.78 is 28.9. The minimum atomic E-state index is -0.813. The fraction of sp³-hybridized carbons (Fsp3) is 0.400. The topological polar surface area (TPSA) is 51.0 Å². The molecule has 1 aliphatic rings. The minimum absolute atomic E-state index is 0.0712. The molecule has 1 aliphatic heterocycles. The number of piperidine rings is 1. The van der Waals surface area contributed by atoms with E-state index in [9.17, 15) is 13.6 Å². The second-order valence-corrected chi connectivity index (χ2v) is 5.49. The van der Waals surface area contributed by atoms with Gasteiger partial charge in [0.1, 0.15) is 11.6 Å². The Kier molecular flexibility index (Phi) is 3.87. The molecule has 116 valence electrons. The third-order valence-corrected chi connectivity index (χ3v) is 4.05. The van der Waals surface area contributed by atoms with E-state index in [0.29, 0.717) is 13.1 Å². The second-order valence-electron chi connectivity index (χ2n) is 5.49. The molecule has 0 N–H and O–H groups in total. The molecule has 0 saturated carbocycles. The van der Waals surface area contributed by atoms with Gasteiger partial charge in [-0.15, -0.1) is 5.10 Å². The minimum Gasteiger partial charge on any atom is -0.338 e. The maximum atomic E-state index is 13.8. The van der Waals surface area contributed by atoms with Crippen molar-refractivity contribution >= 4 is 5.91 Å². The molecule has 0 aliphatic carbocycles. The number of benzene rings is 1. The Morgan fingerprint density at radius 2 is 1.95 bits per heavy atom. The van der Waals surface area contributed by atoms with Gasteiger partial charge in [-0.2, -0.15) is 0 Å². The second kappa shape index (κ2) is 5.82. The monoisotopic (exact) mass is 306 g/mol. The van der Waals surface area contributed by atoms with Gasteiger partial charge in [-0.05, 0) is 31.4 Å². The van der Waals surface area contributed by atoms with E-state index in [1.54, 1.807) is 22.0 Å². The number of carbonyl (C=O) groups is 1. The molecule has 1 amide bonds. The largest absolute Gasteiger partial charge is 0.338 e. The molecule has 1 saturated heterocycles. The summed E-state index contributed by atoms with van der Waals surface area (Å²) in [5.74, 6) is -1.84. The highest BCUT2D eigenvalue weighted by Gasteiger charge is 2.26. The average molecular weight is 306 g/mol. The number of nitrogens with zero attached hydrogens (tertiary/aromatic N) is 4. The van der Waals surface area contributed by atoms with Crippen molar-refractivity contribution in [2.24, 2.45) is 0 Å². The van der Waals surface area contributed by atoms with Crippen LogP contribution in [0.2, 0.25) is 0 Å². The molecule has 5 nitrogen and oxygen atoms in total. The highest BCUT2D eigenvalue weighted by molar-refractivity contribution is 5.94. The molecule has 0 atom stereocenters. The van der Waals surface area contributed by atoms with Gasteiger partial charge in [-0.3, -0.25) is 4.79 Å². The summed E-state index contributed by atoms with van der Waals surface area (Å²) in [6.07, 6.45) is 4.88. The molecule has 0 radical (unpaired) electrons. The Bertz CT molecular complexity index is 679. The van der Waals surface area contributed by atoms with E-state index in [1.807, 2.05) is 0 Å². The maximum absolute atomic E-state index is 13.8. The van der Waals surface area contributed by atoms with Crippen LogP contribution in [0.5, 0.6) is 0 Å². The van der Waals surface area contributed by atoms with Gasteiger partial charge in [0.15, 0.2) is 0 Å². The van der Waals surface area contributed by atoms with Crippen LogP contribution in [0.1, 0.15) is 34.8 Å². The fourth-order valence-corrected chi connectivity index (χ4v) is 2.74. The van der Waals surface area contributed by atoms with Crippen molar-refractivity contribution in [1.29, 1.82) is 0 Å². The van der Waals surface area contributed by atoms with Gasteiger partial charge in [-0.1, -0.05) is 5.21 Å². The first-order valence-electron chi connectivity index (χ1n) is 7.17. The summed E-state index contributed by atoms with van der Waals surface area (Å²) in [7, 11) is 0. The quantitative estimate of drug-likeness (QED) is 0.856. The smallest absolute Gasteiger partial charge is 0.256 e. The number of aryl methyl sites for hydroxylation is 1. The van der Waals surface area contributed by atoms with E-state index in [4.69, 9.17) is 0 Å². The lowest BCUT2D eigenvalue weighted by Gasteiger charge is -2.32. The van der Waals surface area contributed by atoms with E-state index in [-0.39, 0.29) is 17.2 Å². The van der Waals surface area contributed by atoms with Crippen molar-refractivity contribution in [3.8, 4) is 0 Å². The predicted molar refractivity (Wildman–Crippen MR) is 75.3 cm³/mol. The van der Waals surface area contributed by atoms with Gasteiger partial charge in [0.05, 0.1) is 17.8 Å². The SMILES string of the molecule is Cc1cc(C(=O)N2CCC(n3ccnn3)CC2)c(F)cc1F. The lowest BCUT2D eigenvalue weighted by molar-refractivity contribution is 0.0684. The zero-order valence-electron chi connectivity index (χ0n) is 12.2.